The minimum Gasteiger partial charge on any atom is -0.497 e. The molecule has 0 heterocycles. The van der Waals surface area contributed by atoms with Crippen LogP contribution in [0.2, 0.25) is 0 Å². The predicted octanol–water partition coefficient (Wildman–Crippen LogP) is 4.16. The third-order valence-electron chi connectivity index (χ3n) is 4.46. The molecule has 1 amide bonds. The lowest BCUT2D eigenvalue weighted by Crippen LogP contribution is -2.32. The highest BCUT2D eigenvalue weighted by Crippen LogP contribution is 2.26. The van der Waals surface area contributed by atoms with E-state index >= 15 is 0 Å². The molecule has 1 N–H and O–H groups in total. The molecule has 2 atom stereocenters. The Balaban J connectivity index is 1.87. The van der Waals surface area contributed by atoms with Crippen molar-refractivity contribution in [3.8, 4) is 11.5 Å². The average molecular weight is 385 g/mol. The first-order valence-electron chi connectivity index (χ1n) is 9.30. The summed E-state index contributed by atoms with van der Waals surface area (Å²) >= 11 is 0. The highest BCUT2D eigenvalue weighted by molar-refractivity contribution is 5.95. The Bertz CT molecular complexity index is 788. The number of ether oxygens (including phenoxy) is 3. The molecule has 0 saturated heterocycles. The molecular weight excluding hydrogens is 358 g/mol. The van der Waals surface area contributed by atoms with E-state index < -0.39 is 12.1 Å². The molecule has 2 rings (SSSR count). The minimum absolute atomic E-state index is 0.284. The van der Waals surface area contributed by atoms with E-state index in [9.17, 15) is 9.59 Å². The van der Waals surface area contributed by atoms with Gasteiger partial charge in [-0.1, -0.05) is 32.0 Å². The van der Waals surface area contributed by atoms with E-state index in [1.165, 1.54) is 6.92 Å². The van der Waals surface area contributed by atoms with Gasteiger partial charge >= 0.3 is 5.97 Å². The van der Waals surface area contributed by atoms with Crippen LogP contribution in [0.1, 0.15) is 38.7 Å². The van der Waals surface area contributed by atoms with Crippen molar-refractivity contribution < 1.29 is 23.8 Å². The molecule has 6 heteroatoms. The monoisotopic (exact) mass is 385 g/mol. The molecule has 2 aromatic rings. The van der Waals surface area contributed by atoms with E-state index in [1.54, 1.807) is 31.4 Å². The number of para-hydroxylation sites is 1. The fraction of sp³-hybridized carbons (Fsp3) is 0.364. The van der Waals surface area contributed by atoms with Crippen LogP contribution in [0.15, 0.2) is 48.5 Å². The van der Waals surface area contributed by atoms with E-state index in [-0.39, 0.29) is 12.5 Å². The van der Waals surface area contributed by atoms with Gasteiger partial charge in [0.25, 0.3) is 5.91 Å². The Morgan fingerprint density at radius 2 is 1.64 bits per heavy atom. The second kappa shape index (κ2) is 10.3. The number of amides is 1. The third-order valence-corrected chi connectivity index (χ3v) is 4.46. The average Bonchev–Trinajstić information content (AvgIpc) is 2.72. The normalized spacial score (nSPS) is 12.6. The summed E-state index contributed by atoms with van der Waals surface area (Å²) in [6.07, 6.45) is 0.0251. The summed E-state index contributed by atoms with van der Waals surface area (Å²) in [7, 11) is 1.57. The number of hydrogen-bond acceptors (Lipinski definition) is 5. The van der Waals surface area contributed by atoms with Crippen molar-refractivity contribution in [3.63, 3.8) is 0 Å². The summed E-state index contributed by atoms with van der Waals surface area (Å²) in [6, 6.07) is 14.5. The van der Waals surface area contributed by atoms with Crippen LogP contribution in [-0.4, -0.2) is 31.7 Å². The number of anilines is 1. The molecule has 0 aliphatic rings. The number of hydrogen-bond donors (Lipinski definition) is 1. The lowest BCUT2D eigenvalue weighted by Gasteiger charge is -2.18. The van der Waals surface area contributed by atoms with Crippen LogP contribution in [0, 0.1) is 0 Å². The zero-order valence-electron chi connectivity index (χ0n) is 16.7. The summed E-state index contributed by atoms with van der Waals surface area (Å²) in [5.41, 5.74) is 1.79. The first kappa shape index (κ1) is 21.3. The Labute approximate surface area is 165 Å². The smallest absolute Gasteiger partial charge is 0.344 e. The summed E-state index contributed by atoms with van der Waals surface area (Å²) < 4.78 is 15.6. The standard InChI is InChI=1S/C22H27NO5/c1-5-15(2)19-8-6-7-9-20(19)23-22(25)16(3)28-21(24)14-27-18-12-10-17(26-4)11-13-18/h6-13,15-16H,5,14H2,1-4H3,(H,23,25)/t15-,16+/m0/s1. The summed E-state index contributed by atoms with van der Waals surface area (Å²) in [5.74, 6) is 0.518. The first-order chi connectivity index (χ1) is 13.4. The van der Waals surface area contributed by atoms with Crippen LogP contribution < -0.4 is 14.8 Å². The fourth-order valence-corrected chi connectivity index (χ4v) is 2.59. The molecule has 28 heavy (non-hydrogen) atoms. The van der Waals surface area contributed by atoms with Crippen LogP contribution in [0.25, 0.3) is 0 Å². The van der Waals surface area contributed by atoms with Crippen LogP contribution in [0.5, 0.6) is 11.5 Å². The molecule has 0 saturated carbocycles. The van der Waals surface area contributed by atoms with Crippen LogP contribution in [0.3, 0.4) is 0 Å². The summed E-state index contributed by atoms with van der Waals surface area (Å²) in [6.45, 7) is 5.45. The van der Waals surface area contributed by atoms with Gasteiger partial charge in [0, 0.05) is 5.69 Å². The maximum absolute atomic E-state index is 12.4. The number of benzene rings is 2. The van der Waals surface area contributed by atoms with Gasteiger partial charge in [0.05, 0.1) is 7.11 Å². The van der Waals surface area contributed by atoms with Gasteiger partial charge in [-0.05, 0) is 55.2 Å². The summed E-state index contributed by atoms with van der Waals surface area (Å²) in [5, 5.41) is 2.85. The number of carbonyl (C=O) groups is 2. The van der Waals surface area contributed by atoms with Gasteiger partial charge in [-0.15, -0.1) is 0 Å². The highest BCUT2D eigenvalue weighted by Gasteiger charge is 2.20. The molecule has 0 radical (unpaired) electrons. The number of carbonyl (C=O) groups excluding carboxylic acids is 2. The number of rotatable bonds is 9. The van der Waals surface area contributed by atoms with Crippen molar-refractivity contribution in [3.05, 3.63) is 54.1 Å². The lowest BCUT2D eigenvalue weighted by molar-refractivity contribution is -0.155. The minimum atomic E-state index is -0.933. The zero-order chi connectivity index (χ0) is 20.5. The van der Waals surface area contributed by atoms with E-state index in [2.05, 4.69) is 19.2 Å². The van der Waals surface area contributed by atoms with Gasteiger partial charge in [-0.2, -0.15) is 0 Å². The van der Waals surface area contributed by atoms with Gasteiger partial charge in [0.2, 0.25) is 0 Å². The van der Waals surface area contributed by atoms with Crippen LogP contribution >= 0.6 is 0 Å². The molecular formula is C22H27NO5. The second-order valence-electron chi connectivity index (χ2n) is 6.48. The Hall–Kier alpha value is -3.02. The topological polar surface area (TPSA) is 73.9 Å². The van der Waals surface area contributed by atoms with Crippen molar-refractivity contribution in [2.24, 2.45) is 0 Å². The lowest BCUT2D eigenvalue weighted by atomic mass is 9.97. The molecule has 2 aromatic carbocycles. The van der Waals surface area contributed by atoms with Gasteiger partial charge in [-0.25, -0.2) is 4.79 Å². The largest absolute Gasteiger partial charge is 0.497 e. The van der Waals surface area contributed by atoms with Crippen molar-refractivity contribution in [2.45, 2.75) is 39.2 Å². The zero-order valence-corrected chi connectivity index (χ0v) is 16.7. The van der Waals surface area contributed by atoms with Crippen LogP contribution in [-0.2, 0) is 14.3 Å². The quantitative estimate of drug-likeness (QED) is 0.656. The van der Waals surface area contributed by atoms with Gasteiger partial charge in [0.1, 0.15) is 11.5 Å². The molecule has 0 unspecified atom stereocenters. The SMILES string of the molecule is CC[C@H](C)c1ccccc1NC(=O)[C@@H](C)OC(=O)COc1ccc(OC)cc1. The first-order valence-corrected chi connectivity index (χ1v) is 9.30. The Kier molecular flexibility index (Phi) is 7.87. The molecule has 6 nitrogen and oxygen atoms in total. The number of esters is 1. The maximum Gasteiger partial charge on any atom is 0.344 e. The van der Waals surface area contributed by atoms with Crippen molar-refractivity contribution >= 4 is 17.6 Å². The molecule has 150 valence electrons. The van der Waals surface area contributed by atoms with Crippen molar-refractivity contribution in [1.82, 2.24) is 0 Å². The maximum atomic E-state index is 12.4. The van der Waals surface area contributed by atoms with E-state index in [4.69, 9.17) is 14.2 Å². The fourth-order valence-electron chi connectivity index (χ4n) is 2.59. The van der Waals surface area contributed by atoms with E-state index in [1.807, 2.05) is 24.3 Å². The Morgan fingerprint density at radius 1 is 1.00 bits per heavy atom. The highest BCUT2D eigenvalue weighted by atomic mass is 16.6. The van der Waals surface area contributed by atoms with Crippen molar-refractivity contribution in [2.75, 3.05) is 19.0 Å². The molecule has 0 aromatic heterocycles. The molecule has 0 aliphatic carbocycles. The van der Waals surface area contributed by atoms with Crippen LogP contribution in [0.4, 0.5) is 5.69 Å². The van der Waals surface area contributed by atoms with Gasteiger partial charge in [0.15, 0.2) is 12.7 Å². The summed E-state index contributed by atoms with van der Waals surface area (Å²) in [4.78, 5) is 24.4. The molecule has 0 spiro atoms. The van der Waals surface area contributed by atoms with Gasteiger partial charge < -0.3 is 19.5 Å². The molecule has 0 aliphatic heterocycles. The predicted molar refractivity (Wildman–Crippen MR) is 108 cm³/mol. The van der Waals surface area contributed by atoms with Crippen molar-refractivity contribution in [1.29, 1.82) is 0 Å². The van der Waals surface area contributed by atoms with Gasteiger partial charge in [-0.3, -0.25) is 4.79 Å². The van der Waals surface area contributed by atoms with E-state index in [0.717, 1.165) is 17.7 Å². The molecule has 0 fully saturated rings. The third kappa shape index (κ3) is 6.01. The second-order valence-corrected chi connectivity index (χ2v) is 6.48. The Morgan fingerprint density at radius 3 is 2.29 bits per heavy atom. The number of nitrogens with one attached hydrogen (secondary N) is 1. The number of methoxy groups -OCH3 is 1. The van der Waals surface area contributed by atoms with E-state index in [0.29, 0.717) is 17.4 Å². The molecule has 0 bridgehead atoms.